The Morgan fingerprint density at radius 3 is 2.83 bits per heavy atom. The second-order valence-electron chi connectivity index (χ2n) is 8.53. The molecule has 8 nitrogen and oxygen atoms in total. The first-order valence-electron chi connectivity index (χ1n) is 12.1. The van der Waals surface area contributed by atoms with E-state index in [2.05, 4.69) is 17.2 Å². The van der Waals surface area contributed by atoms with E-state index in [9.17, 15) is 19.5 Å². The van der Waals surface area contributed by atoms with Crippen molar-refractivity contribution >= 4 is 34.3 Å². The van der Waals surface area contributed by atoms with Gasteiger partial charge in [0.05, 0.1) is 6.61 Å². The van der Waals surface area contributed by atoms with Gasteiger partial charge in [-0.25, -0.2) is 9.78 Å². The number of amides is 2. The van der Waals surface area contributed by atoms with Gasteiger partial charge in [0, 0.05) is 36.9 Å². The number of anilines is 1. The molecule has 188 valence electrons. The van der Waals surface area contributed by atoms with E-state index in [-0.39, 0.29) is 24.8 Å². The van der Waals surface area contributed by atoms with Gasteiger partial charge >= 0.3 is 5.97 Å². The van der Waals surface area contributed by atoms with Crippen LogP contribution in [0.5, 0.6) is 5.75 Å². The molecule has 0 saturated heterocycles. The maximum absolute atomic E-state index is 12.7. The van der Waals surface area contributed by atoms with Gasteiger partial charge in [-0.15, -0.1) is 11.3 Å². The van der Waals surface area contributed by atoms with Crippen molar-refractivity contribution in [3.05, 3.63) is 52.6 Å². The lowest BCUT2D eigenvalue weighted by Crippen LogP contribution is -2.48. The highest BCUT2D eigenvalue weighted by Crippen LogP contribution is 2.28. The number of unbranched alkanes of at least 4 members (excludes halogenated alkanes) is 2. The number of ether oxygens (including phenoxy) is 1. The van der Waals surface area contributed by atoms with E-state index in [1.807, 2.05) is 31.2 Å². The summed E-state index contributed by atoms with van der Waals surface area (Å²) in [6.07, 6.45) is 10.1. The number of hydrogen-bond donors (Lipinski definition) is 2. The first-order chi connectivity index (χ1) is 16.9. The molecule has 0 fully saturated rings. The molecule has 0 saturated carbocycles. The molecule has 2 N–H and O–H groups in total. The SMILES string of the molecule is CCCC/C=C/C(=O)N1Cc2cc(OCCc3cnc(NC(=O)CCC)s3)ccc2C[C@H]1C(=O)O. The van der Waals surface area contributed by atoms with E-state index in [1.54, 1.807) is 6.20 Å². The van der Waals surface area contributed by atoms with Crippen molar-refractivity contribution in [1.82, 2.24) is 9.88 Å². The molecule has 1 aliphatic heterocycles. The molecule has 1 aliphatic rings. The number of aliphatic carboxylic acids is 1. The normalized spacial score (nSPS) is 15.1. The van der Waals surface area contributed by atoms with Crippen LogP contribution in [-0.4, -0.2) is 45.4 Å². The Labute approximate surface area is 210 Å². The zero-order chi connectivity index (χ0) is 25.2. The summed E-state index contributed by atoms with van der Waals surface area (Å²) in [4.78, 5) is 42.9. The van der Waals surface area contributed by atoms with Crippen LogP contribution in [0.15, 0.2) is 36.5 Å². The maximum Gasteiger partial charge on any atom is 0.326 e. The fourth-order valence-corrected chi connectivity index (χ4v) is 4.67. The molecule has 35 heavy (non-hydrogen) atoms. The summed E-state index contributed by atoms with van der Waals surface area (Å²) in [5.41, 5.74) is 1.81. The lowest BCUT2D eigenvalue weighted by atomic mass is 9.93. The Kier molecular flexibility index (Phi) is 9.84. The molecule has 2 aromatic rings. The summed E-state index contributed by atoms with van der Waals surface area (Å²) in [7, 11) is 0. The average Bonchev–Trinajstić information content (AvgIpc) is 3.27. The van der Waals surface area contributed by atoms with Crippen molar-refractivity contribution in [3.8, 4) is 5.75 Å². The van der Waals surface area contributed by atoms with E-state index >= 15 is 0 Å². The minimum absolute atomic E-state index is 0.0344. The fourth-order valence-electron chi connectivity index (χ4n) is 3.86. The zero-order valence-electron chi connectivity index (χ0n) is 20.3. The standard InChI is InChI=1S/C26H33N3O5S/c1-3-5-6-7-9-24(31)29-17-19-14-20(11-10-18(19)15-22(29)25(32)33)34-13-12-21-16-27-26(35-21)28-23(30)8-4-2/h7,9-11,14,16,22H,3-6,8,12-13,15,17H2,1-2H3,(H,32,33)(H,27,28,30)/b9-7+/t22-/m0/s1. The van der Waals surface area contributed by atoms with Gasteiger partial charge in [-0.3, -0.25) is 9.59 Å². The van der Waals surface area contributed by atoms with E-state index in [1.165, 1.54) is 22.3 Å². The Hall–Kier alpha value is -3.20. The molecule has 3 rings (SSSR count). The number of carbonyl (C=O) groups excluding carboxylic acids is 2. The van der Waals surface area contributed by atoms with Crippen LogP contribution in [0.3, 0.4) is 0 Å². The third-order valence-corrected chi connectivity index (χ3v) is 6.73. The number of carboxylic acid groups (broad SMARTS) is 1. The van der Waals surface area contributed by atoms with Crippen molar-refractivity contribution in [1.29, 1.82) is 0 Å². The van der Waals surface area contributed by atoms with Crippen molar-refractivity contribution < 1.29 is 24.2 Å². The van der Waals surface area contributed by atoms with Crippen LogP contribution in [0.25, 0.3) is 0 Å². The van der Waals surface area contributed by atoms with Crippen LogP contribution in [0, 0.1) is 0 Å². The van der Waals surface area contributed by atoms with Gasteiger partial charge in [0.1, 0.15) is 11.8 Å². The van der Waals surface area contributed by atoms with Crippen LogP contribution >= 0.6 is 11.3 Å². The number of rotatable bonds is 12. The number of carboxylic acids is 1. The van der Waals surface area contributed by atoms with Gasteiger partial charge in [0.2, 0.25) is 11.8 Å². The average molecular weight is 500 g/mol. The topological polar surface area (TPSA) is 109 Å². The number of carbonyl (C=O) groups is 3. The van der Waals surface area contributed by atoms with Crippen LogP contribution in [0.4, 0.5) is 5.13 Å². The van der Waals surface area contributed by atoms with Crippen LogP contribution in [-0.2, 0) is 33.8 Å². The van der Waals surface area contributed by atoms with Crippen molar-refractivity contribution in [3.63, 3.8) is 0 Å². The minimum atomic E-state index is -0.999. The van der Waals surface area contributed by atoms with Crippen LogP contribution in [0.1, 0.15) is 62.0 Å². The number of fused-ring (bicyclic) bond motifs is 1. The number of nitrogens with zero attached hydrogens (tertiary/aromatic N) is 2. The number of nitrogens with one attached hydrogen (secondary N) is 1. The van der Waals surface area contributed by atoms with E-state index in [4.69, 9.17) is 4.74 Å². The van der Waals surface area contributed by atoms with Crippen molar-refractivity contribution in [2.45, 2.75) is 71.4 Å². The first kappa shape index (κ1) is 26.4. The Morgan fingerprint density at radius 2 is 2.09 bits per heavy atom. The van der Waals surface area contributed by atoms with Gasteiger partial charge in [-0.2, -0.15) is 0 Å². The zero-order valence-corrected chi connectivity index (χ0v) is 21.1. The number of allylic oxidation sites excluding steroid dienone is 1. The van der Waals surface area contributed by atoms with Crippen LogP contribution < -0.4 is 10.1 Å². The molecular formula is C26H33N3O5S. The Bertz CT molecular complexity index is 1070. The van der Waals surface area contributed by atoms with Gasteiger partial charge in [0.25, 0.3) is 0 Å². The highest BCUT2D eigenvalue weighted by atomic mass is 32.1. The molecule has 2 heterocycles. The highest BCUT2D eigenvalue weighted by molar-refractivity contribution is 7.15. The summed E-state index contributed by atoms with van der Waals surface area (Å²) in [6, 6.07) is 4.73. The van der Waals surface area contributed by atoms with Crippen molar-refractivity contribution in [2.75, 3.05) is 11.9 Å². The van der Waals surface area contributed by atoms with Gasteiger partial charge < -0.3 is 20.1 Å². The van der Waals surface area contributed by atoms with Gasteiger partial charge in [-0.1, -0.05) is 38.8 Å². The number of aromatic nitrogens is 1. The molecule has 2 amide bonds. The lowest BCUT2D eigenvalue weighted by Gasteiger charge is -2.34. The third kappa shape index (κ3) is 7.65. The van der Waals surface area contributed by atoms with E-state index in [0.717, 1.165) is 41.7 Å². The second kappa shape index (κ2) is 13.0. The minimum Gasteiger partial charge on any atom is -0.493 e. The largest absolute Gasteiger partial charge is 0.493 e. The molecular weight excluding hydrogens is 466 g/mol. The molecule has 0 radical (unpaired) electrons. The Balaban J connectivity index is 1.59. The van der Waals surface area contributed by atoms with Gasteiger partial charge in [0.15, 0.2) is 5.13 Å². The smallest absolute Gasteiger partial charge is 0.326 e. The third-order valence-electron chi connectivity index (χ3n) is 5.75. The fraction of sp³-hybridized carbons (Fsp3) is 0.462. The highest BCUT2D eigenvalue weighted by Gasteiger charge is 2.33. The molecule has 1 aromatic heterocycles. The number of thiazole rings is 1. The molecule has 0 spiro atoms. The Morgan fingerprint density at radius 1 is 1.26 bits per heavy atom. The molecule has 9 heteroatoms. The van der Waals surface area contributed by atoms with Crippen LogP contribution in [0.2, 0.25) is 0 Å². The molecule has 0 unspecified atom stereocenters. The predicted molar refractivity (Wildman–Crippen MR) is 136 cm³/mol. The van der Waals surface area contributed by atoms with E-state index < -0.39 is 12.0 Å². The molecule has 1 atom stereocenters. The summed E-state index contributed by atoms with van der Waals surface area (Å²) in [6.45, 7) is 4.70. The number of benzene rings is 1. The number of hydrogen-bond acceptors (Lipinski definition) is 6. The monoisotopic (exact) mass is 499 g/mol. The molecule has 1 aromatic carbocycles. The molecule has 0 aliphatic carbocycles. The quantitative estimate of drug-likeness (QED) is 0.327. The first-order valence-corrected chi connectivity index (χ1v) is 12.9. The summed E-state index contributed by atoms with van der Waals surface area (Å²) >= 11 is 1.43. The predicted octanol–water partition coefficient (Wildman–Crippen LogP) is 4.59. The summed E-state index contributed by atoms with van der Waals surface area (Å²) in [5.74, 6) is -0.643. The lowest BCUT2D eigenvalue weighted by molar-refractivity contribution is -0.149. The van der Waals surface area contributed by atoms with E-state index in [0.29, 0.717) is 30.3 Å². The molecule has 0 bridgehead atoms. The van der Waals surface area contributed by atoms with Crippen molar-refractivity contribution in [2.24, 2.45) is 0 Å². The maximum atomic E-state index is 12.7. The summed E-state index contributed by atoms with van der Waals surface area (Å²) in [5, 5.41) is 13.1. The van der Waals surface area contributed by atoms with Gasteiger partial charge in [-0.05, 0) is 42.2 Å². The summed E-state index contributed by atoms with van der Waals surface area (Å²) < 4.78 is 5.92. The second-order valence-corrected chi connectivity index (χ2v) is 9.64.